The molecule has 8 heteroatoms. The van der Waals surface area contributed by atoms with E-state index < -0.39 is 0 Å². The van der Waals surface area contributed by atoms with E-state index >= 15 is 0 Å². The van der Waals surface area contributed by atoms with Crippen LogP contribution in [0.4, 0.5) is 5.82 Å². The zero-order valence-corrected chi connectivity index (χ0v) is 15.7. The van der Waals surface area contributed by atoms with Crippen molar-refractivity contribution in [3.63, 3.8) is 0 Å². The van der Waals surface area contributed by atoms with E-state index in [2.05, 4.69) is 31.1 Å². The Morgan fingerprint density at radius 1 is 1.00 bits per heavy atom. The second-order valence-electron chi connectivity index (χ2n) is 7.07. The summed E-state index contributed by atoms with van der Waals surface area (Å²) in [6.07, 6.45) is 7.07. The summed E-state index contributed by atoms with van der Waals surface area (Å²) in [5.74, 6) is 2.10. The van der Waals surface area contributed by atoms with E-state index in [0.29, 0.717) is 5.56 Å². The van der Waals surface area contributed by atoms with Crippen LogP contribution in [0.5, 0.6) is 0 Å². The van der Waals surface area contributed by atoms with E-state index in [9.17, 15) is 0 Å². The lowest BCUT2D eigenvalue weighted by Gasteiger charge is -2.31. The summed E-state index contributed by atoms with van der Waals surface area (Å²) in [7, 11) is 0. The van der Waals surface area contributed by atoms with Gasteiger partial charge in [-0.25, -0.2) is 4.98 Å². The molecule has 5 heterocycles. The largest absolute Gasteiger partial charge is 0.357 e. The lowest BCUT2D eigenvalue weighted by atomic mass is 9.96. The Kier molecular flexibility index (Phi) is 4.33. The number of piperidine rings is 1. The molecule has 1 aliphatic heterocycles. The summed E-state index contributed by atoms with van der Waals surface area (Å²) < 4.78 is 1.86. The van der Waals surface area contributed by atoms with Gasteiger partial charge in [0, 0.05) is 43.2 Å². The number of pyridine rings is 2. The van der Waals surface area contributed by atoms with E-state index in [1.807, 2.05) is 40.9 Å². The summed E-state index contributed by atoms with van der Waals surface area (Å²) >= 11 is 0. The number of rotatable bonds is 3. The van der Waals surface area contributed by atoms with E-state index in [4.69, 9.17) is 10.4 Å². The van der Waals surface area contributed by atoms with E-state index in [-0.39, 0.29) is 5.92 Å². The molecule has 4 aromatic heterocycles. The normalized spacial score (nSPS) is 14.8. The molecule has 1 fully saturated rings. The van der Waals surface area contributed by atoms with Gasteiger partial charge in [0.25, 0.3) is 0 Å². The molecule has 0 atom stereocenters. The fourth-order valence-electron chi connectivity index (χ4n) is 3.73. The van der Waals surface area contributed by atoms with Crippen molar-refractivity contribution in [3.05, 3.63) is 66.4 Å². The molecule has 29 heavy (non-hydrogen) atoms. The molecule has 4 aromatic rings. The maximum atomic E-state index is 8.93. The SMILES string of the molecule is N#Cc1ccc(N2CCC(c3nnc4ccc(-c5cccnc5)nn34)CC2)nc1. The third-order valence-corrected chi connectivity index (χ3v) is 5.31. The van der Waals surface area contributed by atoms with Gasteiger partial charge in [-0.15, -0.1) is 10.2 Å². The third-order valence-electron chi connectivity index (χ3n) is 5.31. The number of hydrogen-bond donors (Lipinski definition) is 0. The van der Waals surface area contributed by atoms with Gasteiger partial charge in [0.2, 0.25) is 0 Å². The van der Waals surface area contributed by atoms with Gasteiger partial charge >= 0.3 is 0 Å². The lowest BCUT2D eigenvalue weighted by molar-refractivity contribution is 0.475. The highest BCUT2D eigenvalue weighted by Gasteiger charge is 2.26. The highest BCUT2D eigenvalue weighted by Crippen LogP contribution is 2.29. The zero-order chi connectivity index (χ0) is 19.6. The maximum absolute atomic E-state index is 8.93. The molecular formula is C21H18N8. The van der Waals surface area contributed by atoms with Crippen molar-refractivity contribution in [1.82, 2.24) is 29.8 Å². The lowest BCUT2D eigenvalue weighted by Crippen LogP contribution is -2.34. The Bertz CT molecular complexity index is 1170. The topological polar surface area (TPSA) is 95.9 Å². The van der Waals surface area contributed by atoms with Gasteiger partial charge in [-0.05, 0) is 49.2 Å². The number of nitrogens with zero attached hydrogens (tertiary/aromatic N) is 8. The number of hydrogen-bond acceptors (Lipinski definition) is 7. The van der Waals surface area contributed by atoms with E-state index in [1.165, 1.54) is 0 Å². The van der Waals surface area contributed by atoms with Crippen LogP contribution in [0.1, 0.15) is 30.1 Å². The molecule has 0 aromatic carbocycles. The smallest absolute Gasteiger partial charge is 0.177 e. The molecule has 0 unspecified atom stereocenters. The highest BCUT2D eigenvalue weighted by molar-refractivity contribution is 5.58. The molecule has 1 aliphatic rings. The monoisotopic (exact) mass is 382 g/mol. The molecular weight excluding hydrogens is 364 g/mol. The molecule has 142 valence electrons. The number of anilines is 1. The van der Waals surface area contributed by atoms with Gasteiger partial charge in [0.1, 0.15) is 11.9 Å². The number of aromatic nitrogens is 6. The number of fused-ring (bicyclic) bond motifs is 1. The van der Waals surface area contributed by atoms with Crippen LogP contribution in [0.15, 0.2) is 55.0 Å². The first kappa shape index (κ1) is 17.3. The fourth-order valence-corrected chi connectivity index (χ4v) is 3.73. The standard InChI is InChI=1S/C21H18N8/c22-12-15-3-5-19(24-13-15)28-10-7-16(8-11-28)21-26-25-20-6-4-18(27-29(20)21)17-2-1-9-23-14-17/h1-6,9,13-14,16H,7-8,10-11H2. The van der Waals surface area contributed by atoms with Gasteiger partial charge in [0.15, 0.2) is 11.5 Å². The second-order valence-corrected chi connectivity index (χ2v) is 7.07. The Morgan fingerprint density at radius 2 is 1.90 bits per heavy atom. The molecule has 0 aliphatic carbocycles. The average molecular weight is 382 g/mol. The summed E-state index contributed by atoms with van der Waals surface area (Å²) in [6.45, 7) is 1.75. The first-order valence-electron chi connectivity index (χ1n) is 9.56. The van der Waals surface area contributed by atoms with Crippen molar-refractivity contribution in [2.45, 2.75) is 18.8 Å². The molecule has 0 saturated carbocycles. The molecule has 0 spiro atoms. The molecule has 1 saturated heterocycles. The van der Waals surface area contributed by atoms with Crippen LogP contribution in [0.2, 0.25) is 0 Å². The minimum Gasteiger partial charge on any atom is -0.357 e. The van der Waals surface area contributed by atoms with Crippen molar-refractivity contribution < 1.29 is 0 Å². The van der Waals surface area contributed by atoms with Gasteiger partial charge in [0.05, 0.1) is 11.3 Å². The van der Waals surface area contributed by atoms with Crippen LogP contribution < -0.4 is 4.90 Å². The summed E-state index contributed by atoms with van der Waals surface area (Å²) in [6, 6.07) is 13.6. The molecule has 8 nitrogen and oxygen atoms in total. The first-order valence-corrected chi connectivity index (χ1v) is 9.56. The van der Waals surface area contributed by atoms with Crippen LogP contribution in [0, 0.1) is 11.3 Å². The third kappa shape index (κ3) is 3.27. The quantitative estimate of drug-likeness (QED) is 0.537. The molecule has 5 rings (SSSR count). The van der Waals surface area contributed by atoms with Gasteiger partial charge < -0.3 is 4.90 Å². The molecule has 0 amide bonds. The van der Waals surface area contributed by atoms with Gasteiger partial charge in [-0.3, -0.25) is 4.98 Å². The van der Waals surface area contributed by atoms with Crippen LogP contribution in [-0.4, -0.2) is 42.9 Å². The van der Waals surface area contributed by atoms with Crippen LogP contribution in [0.3, 0.4) is 0 Å². The minimum atomic E-state index is 0.288. The fraction of sp³-hybridized carbons (Fsp3) is 0.238. The number of nitriles is 1. The van der Waals surface area contributed by atoms with Crippen molar-refractivity contribution >= 4 is 11.5 Å². The second kappa shape index (κ2) is 7.28. The molecule has 0 N–H and O–H groups in total. The average Bonchev–Trinajstić information content (AvgIpc) is 3.23. The predicted molar refractivity (Wildman–Crippen MR) is 107 cm³/mol. The Balaban J connectivity index is 1.37. The maximum Gasteiger partial charge on any atom is 0.177 e. The molecule has 0 radical (unpaired) electrons. The summed E-state index contributed by atoms with van der Waals surface area (Å²) in [5, 5.41) is 22.4. The minimum absolute atomic E-state index is 0.288. The van der Waals surface area contributed by atoms with Crippen molar-refractivity contribution in [2.75, 3.05) is 18.0 Å². The van der Waals surface area contributed by atoms with Crippen LogP contribution in [0.25, 0.3) is 16.9 Å². The van der Waals surface area contributed by atoms with E-state index in [1.54, 1.807) is 18.6 Å². The Morgan fingerprint density at radius 3 is 2.62 bits per heavy atom. The Labute approximate surface area is 167 Å². The Hall–Kier alpha value is -3.86. The summed E-state index contributed by atoms with van der Waals surface area (Å²) in [5.41, 5.74) is 3.15. The molecule has 0 bridgehead atoms. The van der Waals surface area contributed by atoms with Crippen LogP contribution in [-0.2, 0) is 0 Å². The van der Waals surface area contributed by atoms with Crippen molar-refractivity contribution in [1.29, 1.82) is 5.26 Å². The van der Waals surface area contributed by atoms with Crippen LogP contribution >= 0.6 is 0 Å². The van der Waals surface area contributed by atoms with Gasteiger partial charge in [-0.1, -0.05) is 0 Å². The summed E-state index contributed by atoms with van der Waals surface area (Å²) in [4.78, 5) is 10.8. The first-order chi connectivity index (χ1) is 14.3. The van der Waals surface area contributed by atoms with Crippen molar-refractivity contribution in [2.24, 2.45) is 0 Å². The zero-order valence-electron chi connectivity index (χ0n) is 15.7. The highest BCUT2D eigenvalue weighted by atomic mass is 15.4. The predicted octanol–water partition coefficient (Wildman–Crippen LogP) is 2.84. The van der Waals surface area contributed by atoms with Crippen molar-refractivity contribution in [3.8, 4) is 17.3 Å². The van der Waals surface area contributed by atoms with E-state index in [0.717, 1.165) is 54.5 Å². The van der Waals surface area contributed by atoms with Gasteiger partial charge in [-0.2, -0.15) is 14.9 Å².